The van der Waals surface area contributed by atoms with E-state index in [0.717, 1.165) is 11.1 Å². The number of hydrogen-bond donors (Lipinski definition) is 2. The first-order valence-electron chi connectivity index (χ1n) is 9.33. The molecule has 0 fully saturated rings. The van der Waals surface area contributed by atoms with Crippen LogP contribution in [-0.2, 0) is 17.9 Å². The van der Waals surface area contributed by atoms with Gasteiger partial charge in [-0.25, -0.2) is 9.37 Å². The van der Waals surface area contributed by atoms with Gasteiger partial charge < -0.3 is 15.6 Å². The van der Waals surface area contributed by atoms with Crippen molar-refractivity contribution in [2.45, 2.75) is 39.4 Å². The van der Waals surface area contributed by atoms with E-state index in [1.807, 2.05) is 48.9 Å². The molecule has 0 unspecified atom stereocenters. The average molecular weight is 380 g/mol. The molecule has 1 atom stereocenters. The maximum Gasteiger partial charge on any atom is 0.222 e. The molecule has 28 heavy (non-hydrogen) atoms. The van der Waals surface area contributed by atoms with E-state index >= 15 is 0 Å². The molecule has 3 aromatic rings. The molecule has 0 saturated carbocycles. The number of aromatic nitrogens is 2. The van der Waals surface area contributed by atoms with Crippen LogP contribution in [0.5, 0.6) is 0 Å². The lowest BCUT2D eigenvalue weighted by Gasteiger charge is -2.10. The summed E-state index contributed by atoms with van der Waals surface area (Å²) < 4.78 is 15.0. The van der Waals surface area contributed by atoms with Crippen molar-refractivity contribution in [1.29, 1.82) is 0 Å². The van der Waals surface area contributed by atoms with Crippen molar-refractivity contribution in [3.8, 4) is 11.3 Å². The molecule has 1 amide bonds. The van der Waals surface area contributed by atoms with Crippen molar-refractivity contribution in [3.63, 3.8) is 0 Å². The van der Waals surface area contributed by atoms with Crippen molar-refractivity contribution < 1.29 is 9.18 Å². The molecule has 146 valence electrons. The standard InChI is InChI=1S/C22H25FN4O/c1-15-3-5-17(6-4-15)13-25-21(28)11-12-27-14-20(26-22(27)16(2)24)18-7-9-19(23)10-8-18/h3-10,14,16H,11-13,24H2,1-2H3,(H,25,28)/t16-/m0/s1. The summed E-state index contributed by atoms with van der Waals surface area (Å²) in [5.74, 6) is 0.375. The quantitative estimate of drug-likeness (QED) is 0.656. The number of hydrogen-bond acceptors (Lipinski definition) is 3. The van der Waals surface area contributed by atoms with Crippen LogP contribution in [0.4, 0.5) is 4.39 Å². The molecule has 0 radical (unpaired) electrons. The number of aryl methyl sites for hydroxylation is 2. The van der Waals surface area contributed by atoms with Gasteiger partial charge in [0.1, 0.15) is 11.6 Å². The van der Waals surface area contributed by atoms with E-state index in [1.54, 1.807) is 12.1 Å². The summed E-state index contributed by atoms with van der Waals surface area (Å²) in [4.78, 5) is 16.8. The zero-order chi connectivity index (χ0) is 20.1. The topological polar surface area (TPSA) is 72.9 Å². The Morgan fingerprint density at radius 3 is 2.50 bits per heavy atom. The second-order valence-corrected chi connectivity index (χ2v) is 6.99. The Balaban J connectivity index is 1.63. The summed E-state index contributed by atoms with van der Waals surface area (Å²) in [6, 6.07) is 14.0. The third-order valence-corrected chi connectivity index (χ3v) is 4.54. The van der Waals surface area contributed by atoms with Crippen molar-refractivity contribution in [2.75, 3.05) is 0 Å². The lowest BCUT2D eigenvalue weighted by atomic mass is 10.1. The lowest BCUT2D eigenvalue weighted by Crippen LogP contribution is -2.24. The summed E-state index contributed by atoms with van der Waals surface area (Å²) in [6.07, 6.45) is 2.18. The van der Waals surface area contributed by atoms with Crippen LogP contribution in [0.2, 0.25) is 0 Å². The summed E-state index contributed by atoms with van der Waals surface area (Å²) in [5.41, 5.74) is 9.82. The Labute approximate surface area is 164 Å². The van der Waals surface area contributed by atoms with Gasteiger partial charge in [0.2, 0.25) is 5.91 Å². The molecule has 1 heterocycles. The summed E-state index contributed by atoms with van der Waals surface area (Å²) >= 11 is 0. The van der Waals surface area contributed by atoms with E-state index in [1.165, 1.54) is 17.7 Å². The Morgan fingerprint density at radius 2 is 1.86 bits per heavy atom. The van der Waals surface area contributed by atoms with E-state index in [0.29, 0.717) is 31.0 Å². The second kappa shape index (κ2) is 8.80. The predicted octanol–water partition coefficient (Wildman–Crippen LogP) is 3.72. The predicted molar refractivity (Wildman–Crippen MR) is 108 cm³/mol. The van der Waals surface area contributed by atoms with Crippen molar-refractivity contribution in [1.82, 2.24) is 14.9 Å². The molecule has 0 bridgehead atoms. The largest absolute Gasteiger partial charge is 0.352 e. The molecule has 2 aromatic carbocycles. The van der Waals surface area contributed by atoms with E-state index in [2.05, 4.69) is 10.3 Å². The van der Waals surface area contributed by atoms with Gasteiger partial charge in [-0.1, -0.05) is 29.8 Å². The maximum absolute atomic E-state index is 13.1. The number of nitrogens with one attached hydrogen (secondary N) is 1. The van der Waals surface area contributed by atoms with Crippen LogP contribution in [0, 0.1) is 12.7 Å². The van der Waals surface area contributed by atoms with Crippen molar-refractivity contribution in [3.05, 3.63) is 77.5 Å². The Morgan fingerprint density at radius 1 is 1.18 bits per heavy atom. The molecule has 0 spiro atoms. The second-order valence-electron chi connectivity index (χ2n) is 6.99. The van der Waals surface area contributed by atoms with Gasteiger partial charge in [-0.3, -0.25) is 4.79 Å². The van der Waals surface area contributed by atoms with Crippen LogP contribution < -0.4 is 11.1 Å². The Kier molecular flexibility index (Phi) is 6.21. The van der Waals surface area contributed by atoms with Crippen LogP contribution in [0.25, 0.3) is 11.3 Å². The number of amides is 1. The van der Waals surface area contributed by atoms with Gasteiger partial charge in [-0.05, 0) is 43.7 Å². The lowest BCUT2D eigenvalue weighted by molar-refractivity contribution is -0.121. The fourth-order valence-electron chi connectivity index (χ4n) is 2.95. The van der Waals surface area contributed by atoms with Gasteiger partial charge in [0, 0.05) is 31.3 Å². The van der Waals surface area contributed by atoms with Crippen molar-refractivity contribution >= 4 is 5.91 Å². The molecule has 0 saturated heterocycles. The average Bonchev–Trinajstić information content (AvgIpc) is 3.11. The highest BCUT2D eigenvalue weighted by Gasteiger charge is 2.14. The van der Waals surface area contributed by atoms with Crippen LogP contribution >= 0.6 is 0 Å². The van der Waals surface area contributed by atoms with Gasteiger partial charge in [-0.2, -0.15) is 0 Å². The van der Waals surface area contributed by atoms with E-state index in [9.17, 15) is 9.18 Å². The number of nitrogens with two attached hydrogens (primary N) is 1. The SMILES string of the molecule is Cc1ccc(CNC(=O)CCn2cc(-c3ccc(F)cc3)nc2[C@H](C)N)cc1. The van der Waals surface area contributed by atoms with Gasteiger partial charge >= 0.3 is 0 Å². The highest BCUT2D eigenvalue weighted by atomic mass is 19.1. The number of halogens is 1. The van der Waals surface area contributed by atoms with Gasteiger partial charge in [0.15, 0.2) is 0 Å². The third-order valence-electron chi connectivity index (χ3n) is 4.54. The summed E-state index contributed by atoms with van der Waals surface area (Å²) in [7, 11) is 0. The molecule has 3 rings (SSSR count). The van der Waals surface area contributed by atoms with Gasteiger partial charge in [0.05, 0.1) is 11.7 Å². The number of carbonyl (C=O) groups is 1. The molecule has 5 nitrogen and oxygen atoms in total. The first-order chi connectivity index (χ1) is 13.4. The molecule has 0 aliphatic carbocycles. The zero-order valence-electron chi connectivity index (χ0n) is 16.2. The summed E-state index contributed by atoms with van der Waals surface area (Å²) in [5, 5.41) is 2.94. The van der Waals surface area contributed by atoms with Crippen LogP contribution in [-0.4, -0.2) is 15.5 Å². The fourth-order valence-corrected chi connectivity index (χ4v) is 2.95. The first kappa shape index (κ1) is 19.8. The molecular formula is C22H25FN4O. The minimum absolute atomic E-state index is 0.0340. The summed E-state index contributed by atoms with van der Waals surface area (Å²) in [6.45, 7) is 4.86. The normalized spacial score (nSPS) is 12.0. The maximum atomic E-state index is 13.1. The highest BCUT2D eigenvalue weighted by molar-refractivity contribution is 5.75. The van der Waals surface area contributed by atoms with E-state index in [-0.39, 0.29) is 17.8 Å². The molecule has 1 aromatic heterocycles. The molecule has 3 N–H and O–H groups in total. The monoisotopic (exact) mass is 380 g/mol. The number of rotatable bonds is 7. The van der Waals surface area contributed by atoms with Crippen LogP contribution in [0.1, 0.15) is 36.3 Å². The number of imidazole rings is 1. The van der Waals surface area contributed by atoms with Crippen molar-refractivity contribution in [2.24, 2.45) is 5.73 Å². The van der Waals surface area contributed by atoms with Gasteiger partial charge in [-0.15, -0.1) is 0 Å². The zero-order valence-corrected chi connectivity index (χ0v) is 16.2. The number of benzene rings is 2. The van der Waals surface area contributed by atoms with E-state index < -0.39 is 0 Å². The highest BCUT2D eigenvalue weighted by Crippen LogP contribution is 2.21. The Bertz CT molecular complexity index is 930. The Hall–Kier alpha value is -2.99. The molecule has 0 aliphatic rings. The number of nitrogens with zero attached hydrogens (tertiary/aromatic N) is 2. The van der Waals surface area contributed by atoms with Crippen LogP contribution in [0.3, 0.4) is 0 Å². The molecule has 0 aliphatic heterocycles. The first-order valence-corrected chi connectivity index (χ1v) is 9.33. The fraction of sp³-hybridized carbons (Fsp3) is 0.273. The molecule has 6 heteroatoms. The van der Waals surface area contributed by atoms with Gasteiger partial charge in [0.25, 0.3) is 0 Å². The van der Waals surface area contributed by atoms with E-state index in [4.69, 9.17) is 5.73 Å². The minimum atomic E-state index is -0.291. The minimum Gasteiger partial charge on any atom is -0.352 e. The van der Waals surface area contributed by atoms with Crippen LogP contribution in [0.15, 0.2) is 54.7 Å². The smallest absolute Gasteiger partial charge is 0.222 e. The molecular weight excluding hydrogens is 355 g/mol. The number of carbonyl (C=O) groups excluding carboxylic acids is 1. The third kappa shape index (κ3) is 5.04.